The Morgan fingerprint density at radius 1 is 1.00 bits per heavy atom. The predicted molar refractivity (Wildman–Crippen MR) is 111 cm³/mol. The molecule has 0 aliphatic heterocycles. The number of allylic oxidation sites excluding steroid dienone is 9. The molecule has 0 atom stereocenters. The molecular weight excluding hydrogens is 349 g/mol. The summed E-state index contributed by atoms with van der Waals surface area (Å²) in [7, 11) is 0. The lowest BCUT2D eigenvalue weighted by molar-refractivity contribution is -0.0913. The third-order valence-electron chi connectivity index (χ3n) is 3.85. The number of halogens is 3. The van der Waals surface area contributed by atoms with Crippen LogP contribution in [0, 0.1) is 0 Å². The lowest BCUT2D eigenvalue weighted by Gasteiger charge is -2.13. The number of rotatable bonds is 9. The van der Waals surface area contributed by atoms with Crippen LogP contribution in [-0.4, -0.2) is 11.9 Å². The van der Waals surface area contributed by atoms with E-state index in [4.69, 9.17) is 0 Å². The van der Waals surface area contributed by atoms with E-state index in [2.05, 4.69) is 17.2 Å². The zero-order chi connectivity index (χ0) is 21.0. The molecule has 0 spiro atoms. The molecule has 0 bridgehead atoms. The van der Waals surface area contributed by atoms with Crippen LogP contribution in [0.2, 0.25) is 0 Å². The van der Waals surface area contributed by atoms with Crippen LogP contribution in [0.4, 0.5) is 13.2 Å². The Morgan fingerprint density at radius 2 is 1.63 bits per heavy atom. The van der Waals surface area contributed by atoms with Crippen molar-refractivity contribution in [1.82, 2.24) is 5.32 Å². The van der Waals surface area contributed by atoms with Gasteiger partial charge in [0.2, 0.25) is 0 Å². The van der Waals surface area contributed by atoms with Gasteiger partial charge in [0.25, 0.3) is 0 Å². The molecule has 2 nitrogen and oxygen atoms in total. The van der Waals surface area contributed by atoms with Crippen LogP contribution in [0.5, 0.6) is 0 Å². The highest BCUT2D eigenvalue weighted by Crippen LogP contribution is 2.24. The summed E-state index contributed by atoms with van der Waals surface area (Å²) in [6, 6.07) is 0. The molecule has 0 saturated carbocycles. The molecule has 0 unspecified atom stereocenters. The Bertz CT molecular complexity index is 654. The molecule has 0 aliphatic carbocycles. The molecular formula is C22H33F3N2. The monoisotopic (exact) mass is 382 g/mol. The number of aliphatic imine (C=N–C) groups is 1. The minimum Gasteiger partial charge on any atom is -0.354 e. The quantitative estimate of drug-likeness (QED) is 0.326. The third kappa shape index (κ3) is 10.6. The Hall–Kier alpha value is -2.04. The van der Waals surface area contributed by atoms with Gasteiger partial charge in [0, 0.05) is 17.0 Å². The van der Waals surface area contributed by atoms with Crippen molar-refractivity contribution in [3.8, 4) is 0 Å². The van der Waals surface area contributed by atoms with Crippen LogP contribution >= 0.6 is 0 Å². The molecule has 0 amide bonds. The molecule has 0 fully saturated rings. The van der Waals surface area contributed by atoms with E-state index in [0.717, 1.165) is 54.9 Å². The third-order valence-corrected chi connectivity index (χ3v) is 3.85. The summed E-state index contributed by atoms with van der Waals surface area (Å²) in [4.78, 5) is 4.60. The van der Waals surface area contributed by atoms with E-state index < -0.39 is 11.7 Å². The molecule has 0 aromatic carbocycles. The van der Waals surface area contributed by atoms with E-state index in [-0.39, 0.29) is 0 Å². The van der Waals surface area contributed by atoms with Gasteiger partial charge in [-0.3, -0.25) is 4.99 Å². The number of unbranched alkanes of at least 4 members (excludes halogenated alkanes) is 1. The maximum Gasteiger partial charge on any atom is 0.412 e. The van der Waals surface area contributed by atoms with Crippen molar-refractivity contribution in [1.29, 1.82) is 0 Å². The molecule has 0 radical (unpaired) electrons. The summed E-state index contributed by atoms with van der Waals surface area (Å²) >= 11 is 0. The van der Waals surface area contributed by atoms with Crippen molar-refractivity contribution in [2.45, 2.75) is 73.9 Å². The zero-order valence-electron chi connectivity index (χ0n) is 17.6. The predicted octanol–water partition coefficient (Wildman–Crippen LogP) is 7.39. The summed E-state index contributed by atoms with van der Waals surface area (Å²) < 4.78 is 38.3. The second-order valence-corrected chi connectivity index (χ2v) is 6.59. The van der Waals surface area contributed by atoms with Crippen molar-refractivity contribution >= 4 is 5.71 Å². The zero-order valence-corrected chi connectivity index (χ0v) is 17.6. The van der Waals surface area contributed by atoms with Crippen LogP contribution in [-0.2, 0) is 0 Å². The van der Waals surface area contributed by atoms with Crippen molar-refractivity contribution in [2.24, 2.45) is 4.99 Å². The van der Waals surface area contributed by atoms with Gasteiger partial charge in [0.1, 0.15) is 0 Å². The summed E-state index contributed by atoms with van der Waals surface area (Å²) in [6.07, 6.45) is 6.59. The first-order valence-electron chi connectivity index (χ1n) is 9.32. The van der Waals surface area contributed by atoms with E-state index in [0.29, 0.717) is 5.70 Å². The number of nitrogens with zero attached hydrogens (tertiary/aromatic N) is 1. The lowest BCUT2D eigenvalue weighted by atomic mass is 10.2. The Kier molecular flexibility index (Phi) is 11.4. The number of nitrogens with one attached hydrogen (secondary N) is 1. The first-order valence-corrected chi connectivity index (χ1v) is 9.32. The minimum atomic E-state index is -4.32. The molecule has 0 aromatic rings. The highest BCUT2D eigenvalue weighted by Gasteiger charge is 2.29. The van der Waals surface area contributed by atoms with Crippen LogP contribution < -0.4 is 5.32 Å². The SMILES string of the molecule is CC/C=C(\NC(/C=C/CCC)=C/C=C(\C)C(F)(F)F)C(C)=NC(C)=C(C)C. The van der Waals surface area contributed by atoms with Gasteiger partial charge in [-0.15, -0.1) is 0 Å². The first kappa shape index (κ1) is 25.0. The molecule has 0 aromatic heterocycles. The van der Waals surface area contributed by atoms with Gasteiger partial charge >= 0.3 is 6.18 Å². The van der Waals surface area contributed by atoms with Crippen LogP contribution in [0.25, 0.3) is 0 Å². The Labute approximate surface area is 162 Å². The molecule has 0 aliphatic rings. The fourth-order valence-corrected chi connectivity index (χ4v) is 1.90. The number of alkyl halides is 3. The van der Waals surface area contributed by atoms with Gasteiger partial charge in [0.15, 0.2) is 0 Å². The summed E-state index contributed by atoms with van der Waals surface area (Å²) in [5.74, 6) is 0. The largest absolute Gasteiger partial charge is 0.412 e. The molecule has 0 saturated heterocycles. The minimum absolute atomic E-state index is 0.594. The van der Waals surface area contributed by atoms with Crippen LogP contribution in [0.1, 0.15) is 67.7 Å². The maximum atomic E-state index is 12.8. The van der Waals surface area contributed by atoms with E-state index in [9.17, 15) is 13.2 Å². The highest BCUT2D eigenvalue weighted by atomic mass is 19.4. The Balaban J connectivity index is 5.84. The second-order valence-electron chi connectivity index (χ2n) is 6.59. The van der Waals surface area contributed by atoms with E-state index in [1.54, 1.807) is 0 Å². The summed E-state index contributed by atoms with van der Waals surface area (Å²) in [5, 5.41) is 3.23. The molecule has 152 valence electrons. The molecule has 0 heterocycles. The molecule has 27 heavy (non-hydrogen) atoms. The fourth-order valence-electron chi connectivity index (χ4n) is 1.90. The first-order chi connectivity index (χ1) is 12.5. The van der Waals surface area contributed by atoms with Crippen molar-refractivity contribution < 1.29 is 13.2 Å². The standard InChI is InChI=1S/C22H33F3N2/c1-8-10-11-13-20(15-14-17(5)22(23,24)25)27-21(12-9-2)19(7)26-18(6)16(3)4/h11-15,27H,8-10H2,1-7H3/b13-11+,17-14+,20-15+,21-12-,26-19?. The summed E-state index contributed by atoms with van der Waals surface area (Å²) in [6.45, 7) is 12.9. The average molecular weight is 383 g/mol. The molecule has 0 rings (SSSR count). The summed E-state index contributed by atoms with van der Waals surface area (Å²) in [5.41, 5.74) is 3.59. The topological polar surface area (TPSA) is 24.4 Å². The van der Waals surface area contributed by atoms with Gasteiger partial charge in [0.05, 0.1) is 11.4 Å². The van der Waals surface area contributed by atoms with Gasteiger partial charge in [-0.05, 0) is 59.6 Å². The van der Waals surface area contributed by atoms with E-state index >= 15 is 0 Å². The van der Waals surface area contributed by atoms with Crippen molar-refractivity contribution in [3.63, 3.8) is 0 Å². The van der Waals surface area contributed by atoms with Gasteiger partial charge in [-0.2, -0.15) is 13.2 Å². The van der Waals surface area contributed by atoms with Gasteiger partial charge in [-0.25, -0.2) is 0 Å². The smallest absolute Gasteiger partial charge is 0.354 e. The second kappa shape index (κ2) is 12.4. The van der Waals surface area contributed by atoms with Crippen molar-refractivity contribution in [3.05, 3.63) is 58.6 Å². The highest BCUT2D eigenvalue weighted by molar-refractivity contribution is 5.98. The normalized spacial score (nSPS) is 14.7. The van der Waals surface area contributed by atoms with E-state index in [1.165, 1.54) is 6.08 Å². The lowest BCUT2D eigenvalue weighted by Crippen LogP contribution is -2.18. The fraction of sp³-hybridized carbons (Fsp3) is 0.500. The average Bonchev–Trinajstić information content (AvgIpc) is 2.57. The van der Waals surface area contributed by atoms with Crippen LogP contribution in [0.3, 0.4) is 0 Å². The maximum absolute atomic E-state index is 12.8. The van der Waals surface area contributed by atoms with Gasteiger partial charge in [-0.1, -0.05) is 44.1 Å². The molecule has 5 heteroatoms. The van der Waals surface area contributed by atoms with Crippen molar-refractivity contribution in [2.75, 3.05) is 0 Å². The van der Waals surface area contributed by atoms with Gasteiger partial charge < -0.3 is 5.32 Å². The van der Waals surface area contributed by atoms with Crippen LogP contribution in [0.15, 0.2) is 63.6 Å². The Morgan fingerprint density at radius 3 is 2.11 bits per heavy atom. The molecule has 1 N–H and O–H groups in total. The number of hydrogen-bond donors (Lipinski definition) is 1. The van der Waals surface area contributed by atoms with E-state index in [1.807, 2.05) is 52.8 Å². The number of hydrogen-bond acceptors (Lipinski definition) is 2.